The van der Waals surface area contributed by atoms with Gasteiger partial charge in [-0.05, 0) is 43.5 Å². The number of anilines is 1. The fourth-order valence-corrected chi connectivity index (χ4v) is 4.32. The minimum Gasteiger partial charge on any atom is -0.341 e. The number of carbonyl (C=O) groups excluding carboxylic acids is 1. The van der Waals surface area contributed by atoms with Crippen LogP contribution in [-0.2, 0) is 14.8 Å². The molecule has 1 fully saturated rings. The minimum atomic E-state index is -3.57. The zero-order valence-electron chi connectivity index (χ0n) is 14.5. The Balaban J connectivity index is 2.21. The third-order valence-corrected chi connectivity index (χ3v) is 5.98. The maximum absolute atomic E-state index is 12.6. The molecule has 0 spiro atoms. The Labute approximate surface area is 149 Å². The van der Waals surface area contributed by atoms with E-state index in [9.17, 15) is 13.2 Å². The van der Waals surface area contributed by atoms with Gasteiger partial charge >= 0.3 is 0 Å². The highest BCUT2D eigenvalue weighted by atomic mass is 35.5. The molecule has 0 unspecified atom stereocenters. The summed E-state index contributed by atoms with van der Waals surface area (Å²) in [6, 6.07) is 5.19. The lowest BCUT2D eigenvalue weighted by atomic mass is 9.94. The molecule has 24 heavy (non-hydrogen) atoms. The number of carbonyl (C=O) groups is 1. The number of sulfonamides is 1. The summed E-state index contributed by atoms with van der Waals surface area (Å²) in [7, 11) is -1.80. The average Bonchev–Trinajstić information content (AvgIpc) is 2.52. The molecule has 1 amide bonds. The van der Waals surface area contributed by atoms with Crippen LogP contribution in [0, 0.1) is 6.92 Å². The average molecular weight is 373 g/mol. The number of hydrogen-bond acceptors (Lipinski definition) is 3. The van der Waals surface area contributed by atoms with E-state index < -0.39 is 10.0 Å². The highest BCUT2D eigenvalue weighted by Gasteiger charge is 2.27. The van der Waals surface area contributed by atoms with Crippen molar-refractivity contribution >= 4 is 33.2 Å². The standard InChI is InChI=1S/C17H25ClN2O3S/c1-13-11-14(18)9-10-16(13)20(24(3,22)23)12-17(21)19(2)15-7-5-4-6-8-15/h9-11,15H,4-8,12H2,1-3H3. The maximum Gasteiger partial charge on any atom is 0.243 e. The molecule has 5 nitrogen and oxygen atoms in total. The summed E-state index contributed by atoms with van der Waals surface area (Å²) in [5, 5.41) is 0.537. The first-order valence-corrected chi connectivity index (χ1v) is 10.4. The third-order valence-electron chi connectivity index (χ3n) is 4.62. The lowest BCUT2D eigenvalue weighted by Crippen LogP contribution is -2.45. The zero-order valence-corrected chi connectivity index (χ0v) is 16.0. The summed E-state index contributed by atoms with van der Waals surface area (Å²) in [4.78, 5) is 14.4. The topological polar surface area (TPSA) is 57.7 Å². The number of hydrogen-bond donors (Lipinski definition) is 0. The number of benzene rings is 1. The van der Waals surface area contributed by atoms with Gasteiger partial charge in [0.15, 0.2) is 0 Å². The molecule has 2 rings (SSSR count). The SMILES string of the molecule is Cc1cc(Cl)ccc1N(CC(=O)N(C)C1CCCCC1)S(C)(=O)=O. The Morgan fingerprint density at radius 1 is 1.25 bits per heavy atom. The Bertz CT molecular complexity index is 700. The smallest absolute Gasteiger partial charge is 0.243 e. The summed E-state index contributed by atoms with van der Waals surface area (Å²) in [6.07, 6.45) is 6.54. The van der Waals surface area contributed by atoms with E-state index in [1.165, 1.54) is 10.7 Å². The summed E-state index contributed by atoms with van der Waals surface area (Å²) < 4.78 is 25.6. The van der Waals surface area contributed by atoms with Gasteiger partial charge in [-0.15, -0.1) is 0 Å². The van der Waals surface area contributed by atoms with Gasteiger partial charge in [-0.25, -0.2) is 8.42 Å². The van der Waals surface area contributed by atoms with Crippen LogP contribution in [0.2, 0.25) is 5.02 Å². The van der Waals surface area contributed by atoms with E-state index in [1.807, 2.05) is 0 Å². The molecule has 0 atom stereocenters. The van der Waals surface area contributed by atoms with Gasteiger partial charge in [0.25, 0.3) is 0 Å². The van der Waals surface area contributed by atoms with Crippen molar-refractivity contribution in [3.05, 3.63) is 28.8 Å². The van der Waals surface area contributed by atoms with Crippen LogP contribution < -0.4 is 4.31 Å². The quantitative estimate of drug-likeness (QED) is 0.797. The van der Waals surface area contributed by atoms with E-state index in [0.717, 1.165) is 37.5 Å². The highest BCUT2D eigenvalue weighted by Crippen LogP contribution is 2.26. The molecule has 0 heterocycles. The molecule has 7 heteroatoms. The van der Waals surface area contributed by atoms with Crippen LogP contribution >= 0.6 is 11.6 Å². The van der Waals surface area contributed by atoms with Gasteiger partial charge in [-0.2, -0.15) is 0 Å². The highest BCUT2D eigenvalue weighted by molar-refractivity contribution is 7.92. The zero-order chi connectivity index (χ0) is 17.9. The molecule has 1 aromatic rings. The Hall–Kier alpha value is -1.27. The van der Waals surface area contributed by atoms with Crippen molar-refractivity contribution in [1.82, 2.24) is 4.90 Å². The number of aryl methyl sites for hydroxylation is 1. The Morgan fingerprint density at radius 3 is 2.42 bits per heavy atom. The number of nitrogens with zero attached hydrogens (tertiary/aromatic N) is 2. The summed E-state index contributed by atoms with van der Waals surface area (Å²) in [6.45, 7) is 1.60. The molecule has 1 aliphatic carbocycles. The van der Waals surface area contributed by atoms with Crippen LogP contribution in [-0.4, -0.2) is 45.1 Å². The molecule has 1 aliphatic rings. The molecule has 0 aromatic heterocycles. The first kappa shape index (κ1) is 19.1. The van der Waals surface area contributed by atoms with Crippen LogP contribution in [0.4, 0.5) is 5.69 Å². The molecule has 0 N–H and O–H groups in total. The van der Waals surface area contributed by atoms with Gasteiger partial charge in [-0.3, -0.25) is 9.10 Å². The number of rotatable bonds is 5. The molecular formula is C17H25ClN2O3S. The third kappa shape index (κ3) is 4.63. The second-order valence-electron chi connectivity index (χ2n) is 6.50. The van der Waals surface area contributed by atoms with Crippen molar-refractivity contribution in [2.24, 2.45) is 0 Å². The van der Waals surface area contributed by atoms with Gasteiger partial charge in [-0.1, -0.05) is 30.9 Å². The maximum atomic E-state index is 12.6. The molecule has 0 radical (unpaired) electrons. The molecule has 1 aromatic carbocycles. The van der Waals surface area contributed by atoms with Gasteiger partial charge in [0.1, 0.15) is 6.54 Å². The Morgan fingerprint density at radius 2 is 1.88 bits per heavy atom. The van der Waals surface area contributed by atoms with E-state index in [-0.39, 0.29) is 18.5 Å². The van der Waals surface area contributed by atoms with Crippen molar-refractivity contribution in [3.8, 4) is 0 Å². The van der Waals surface area contributed by atoms with Gasteiger partial charge in [0.05, 0.1) is 11.9 Å². The fraction of sp³-hybridized carbons (Fsp3) is 0.588. The molecule has 0 saturated heterocycles. The summed E-state index contributed by atoms with van der Waals surface area (Å²) in [5.74, 6) is -0.179. The lowest BCUT2D eigenvalue weighted by molar-refractivity contribution is -0.130. The number of amides is 1. The molecule has 0 aliphatic heterocycles. The van der Waals surface area contributed by atoms with Crippen molar-refractivity contribution in [3.63, 3.8) is 0 Å². The van der Waals surface area contributed by atoms with Gasteiger partial charge in [0.2, 0.25) is 15.9 Å². The van der Waals surface area contributed by atoms with Crippen molar-refractivity contribution < 1.29 is 13.2 Å². The van der Waals surface area contributed by atoms with Gasteiger partial charge in [0, 0.05) is 18.1 Å². The predicted octanol–water partition coefficient (Wildman–Crippen LogP) is 3.21. The van der Waals surface area contributed by atoms with Crippen molar-refractivity contribution in [1.29, 1.82) is 0 Å². The molecular weight excluding hydrogens is 348 g/mol. The largest absolute Gasteiger partial charge is 0.341 e. The van der Waals surface area contributed by atoms with Crippen LogP contribution in [0.15, 0.2) is 18.2 Å². The first-order valence-electron chi connectivity index (χ1n) is 8.19. The second-order valence-corrected chi connectivity index (χ2v) is 8.84. The van der Waals surface area contributed by atoms with E-state index >= 15 is 0 Å². The van der Waals surface area contributed by atoms with E-state index in [4.69, 9.17) is 11.6 Å². The lowest BCUT2D eigenvalue weighted by Gasteiger charge is -2.33. The predicted molar refractivity (Wildman–Crippen MR) is 98.0 cm³/mol. The summed E-state index contributed by atoms with van der Waals surface area (Å²) >= 11 is 5.95. The fourth-order valence-electron chi connectivity index (χ4n) is 3.19. The summed E-state index contributed by atoms with van der Waals surface area (Å²) in [5.41, 5.74) is 1.22. The van der Waals surface area contributed by atoms with Crippen LogP contribution in [0.25, 0.3) is 0 Å². The number of likely N-dealkylation sites (N-methyl/N-ethyl adjacent to an activating group) is 1. The van der Waals surface area contributed by atoms with E-state index in [0.29, 0.717) is 10.7 Å². The second kappa shape index (κ2) is 7.74. The van der Waals surface area contributed by atoms with Crippen LogP contribution in [0.3, 0.4) is 0 Å². The monoisotopic (exact) mass is 372 g/mol. The van der Waals surface area contributed by atoms with Crippen molar-refractivity contribution in [2.75, 3.05) is 24.2 Å². The Kier molecular flexibility index (Phi) is 6.15. The van der Waals surface area contributed by atoms with E-state index in [2.05, 4.69) is 0 Å². The van der Waals surface area contributed by atoms with E-state index in [1.54, 1.807) is 37.1 Å². The van der Waals surface area contributed by atoms with Gasteiger partial charge < -0.3 is 4.90 Å². The minimum absolute atomic E-state index is 0.179. The number of halogens is 1. The molecule has 1 saturated carbocycles. The molecule has 0 bridgehead atoms. The van der Waals surface area contributed by atoms with Crippen molar-refractivity contribution in [2.45, 2.75) is 45.1 Å². The van der Waals surface area contributed by atoms with Crippen LogP contribution in [0.1, 0.15) is 37.7 Å². The van der Waals surface area contributed by atoms with Crippen LogP contribution in [0.5, 0.6) is 0 Å². The molecule has 134 valence electrons. The normalized spacial score (nSPS) is 16.0. The first-order chi connectivity index (χ1) is 11.2.